The summed E-state index contributed by atoms with van der Waals surface area (Å²) < 4.78 is 13.6. The SMILES string of the molecule is CC(C)(F)c1ccc(C2(C(=O)O)CC2)cc1. The number of hydrogen-bond donors (Lipinski definition) is 1. The van der Waals surface area contributed by atoms with Gasteiger partial charge in [0.2, 0.25) is 0 Å². The number of halogens is 1. The highest BCUT2D eigenvalue weighted by atomic mass is 19.1. The number of rotatable bonds is 3. The minimum absolute atomic E-state index is 0.581. The van der Waals surface area contributed by atoms with Crippen LogP contribution in [0.3, 0.4) is 0 Å². The van der Waals surface area contributed by atoms with Gasteiger partial charge in [-0.3, -0.25) is 4.79 Å². The molecule has 1 aromatic carbocycles. The molecule has 0 unspecified atom stereocenters. The molecule has 1 aliphatic carbocycles. The summed E-state index contributed by atoms with van der Waals surface area (Å²) in [5.41, 5.74) is -0.706. The predicted molar refractivity (Wildman–Crippen MR) is 59.1 cm³/mol. The van der Waals surface area contributed by atoms with Crippen LogP contribution in [0.2, 0.25) is 0 Å². The van der Waals surface area contributed by atoms with Crippen LogP contribution in [0.4, 0.5) is 4.39 Å². The van der Waals surface area contributed by atoms with E-state index in [1.165, 1.54) is 13.8 Å². The fourth-order valence-corrected chi connectivity index (χ4v) is 1.94. The maximum absolute atomic E-state index is 13.6. The van der Waals surface area contributed by atoms with Crippen molar-refractivity contribution in [2.75, 3.05) is 0 Å². The molecule has 1 N–H and O–H groups in total. The fourth-order valence-electron chi connectivity index (χ4n) is 1.94. The van der Waals surface area contributed by atoms with Crippen LogP contribution >= 0.6 is 0 Å². The number of benzene rings is 1. The molecule has 0 saturated heterocycles. The Kier molecular flexibility index (Phi) is 2.30. The molecule has 2 nitrogen and oxygen atoms in total. The molecule has 0 aromatic heterocycles. The van der Waals surface area contributed by atoms with Crippen LogP contribution in [-0.4, -0.2) is 11.1 Å². The predicted octanol–water partition coefficient (Wildman–Crippen LogP) is 3.01. The largest absolute Gasteiger partial charge is 0.481 e. The summed E-state index contributed by atoms with van der Waals surface area (Å²) in [7, 11) is 0. The van der Waals surface area contributed by atoms with Gasteiger partial charge < -0.3 is 5.11 Å². The average Bonchev–Trinajstić information content (AvgIpc) is 2.97. The molecule has 2 rings (SSSR count). The standard InChI is InChI=1S/C13H15FO2/c1-12(2,14)9-3-5-10(6-4-9)13(7-8-13)11(15)16/h3-6H,7-8H2,1-2H3,(H,15,16). The first-order valence-electron chi connectivity index (χ1n) is 5.40. The molecule has 1 saturated carbocycles. The zero-order valence-electron chi connectivity index (χ0n) is 9.46. The molecule has 1 fully saturated rings. The lowest BCUT2D eigenvalue weighted by Crippen LogP contribution is -2.19. The highest BCUT2D eigenvalue weighted by Crippen LogP contribution is 2.48. The Hall–Kier alpha value is -1.38. The third-order valence-corrected chi connectivity index (χ3v) is 3.28. The summed E-state index contributed by atoms with van der Waals surface area (Å²) in [6.07, 6.45) is 1.36. The van der Waals surface area contributed by atoms with Crippen molar-refractivity contribution < 1.29 is 14.3 Å². The lowest BCUT2D eigenvalue weighted by Gasteiger charge is -2.16. The molecule has 1 aliphatic rings. The van der Waals surface area contributed by atoms with Gasteiger partial charge in [0, 0.05) is 0 Å². The maximum atomic E-state index is 13.6. The zero-order valence-corrected chi connectivity index (χ0v) is 9.46. The number of alkyl halides is 1. The second-order valence-electron chi connectivity index (χ2n) is 4.94. The van der Waals surface area contributed by atoms with Crippen molar-refractivity contribution in [1.29, 1.82) is 0 Å². The van der Waals surface area contributed by atoms with Gasteiger partial charge in [-0.1, -0.05) is 24.3 Å². The van der Waals surface area contributed by atoms with Crippen molar-refractivity contribution in [1.82, 2.24) is 0 Å². The van der Waals surface area contributed by atoms with Gasteiger partial charge in [-0.2, -0.15) is 0 Å². The Balaban J connectivity index is 2.31. The highest BCUT2D eigenvalue weighted by Gasteiger charge is 2.51. The normalized spacial score (nSPS) is 18.2. The highest BCUT2D eigenvalue weighted by molar-refractivity contribution is 5.84. The lowest BCUT2D eigenvalue weighted by atomic mass is 9.92. The van der Waals surface area contributed by atoms with E-state index in [9.17, 15) is 9.18 Å². The molecule has 16 heavy (non-hydrogen) atoms. The molecule has 0 amide bonds. The molecule has 0 aliphatic heterocycles. The third kappa shape index (κ3) is 1.70. The minimum Gasteiger partial charge on any atom is -0.481 e. The monoisotopic (exact) mass is 222 g/mol. The van der Waals surface area contributed by atoms with Gasteiger partial charge in [0.05, 0.1) is 5.41 Å². The van der Waals surface area contributed by atoms with Crippen LogP contribution in [-0.2, 0) is 15.9 Å². The van der Waals surface area contributed by atoms with E-state index in [-0.39, 0.29) is 0 Å². The van der Waals surface area contributed by atoms with E-state index in [4.69, 9.17) is 5.11 Å². The van der Waals surface area contributed by atoms with Crippen molar-refractivity contribution >= 4 is 5.97 Å². The van der Waals surface area contributed by atoms with Gasteiger partial charge in [0.1, 0.15) is 5.67 Å². The van der Waals surface area contributed by atoms with Crippen LogP contribution in [0.15, 0.2) is 24.3 Å². The molecule has 0 heterocycles. The Morgan fingerprint density at radius 2 is 1.81 bits per heavy atom. The summed E-state index contributed by atoms with van der Waals surface area (Å²) in [5.74, 6) is -0.778. The van der Waals surface area contributed by atoms with Gasteiger partial charge in [-0.15, -0.1) is 0 Å². The molecule has 3 heteroatoms. The second-order valence-corrected chi connectivity index (χ2v) is 4.94. The number of aliphatic carboxylic acids is 1. The molecule has 0 atom stereocenters. The maximum Gasteiger partial charge on any atom is 0.314 e. The van der Waals surface area contributed by atoms with Crippen molar-refractivity contribution in [2.24, 2.45) is 0 Å². The fraction of sp³-hybridized carbons (Fsp3) is 0.462. The number of carboxylic acid groups (broad SMARTS) is 1. The number of carbonyl (C=O) groups is 1. The van der Waals surface area contributed by atoms with Crippen molar-refractivity contribution in [3.8, 4) is 0 Å². The molecule has 0 bridgehead atoms. The van der Waals surface area contributed by atoms with Gasteiger partial charge in [0.25, 0.3) is 0 Å². The Morgan fingerprint density at radius 1 is 1.31 bits per heavy atom. The van der Waals surface area contributed by atoms with E-state index >= 15 is 0 Å². The summed E-state index contributed by atoms with van der Waals surface area (Å²) in [5, 5.41) is 9.11. The van der Waals surface area contributed by atoms with E-state index in [1.54, 1.807) is 24.3 Å². The van der Waals surface area contributed by atoms with Crippen molar-refractivity contribution in [2.45, 2.75) is 37.8 Å². The third-order valence-electron chi connectivity index (χ3n) is 3.28. The molecule has 86 valence electrons. The van der Waals surface area contributed by atoms with E-state index < -0.39 is 17.1 Å². The van der Waals surface area contributed by atoms with E-state index in [1.807, 2.05) is 0 Å². The van der Waals surface area contributed by atoms with Crippen molar-refractivity contribution in [3.63, 3.8) is 0 Å². The van der Waals surface area contributed by atoms with Gasteiger partial charge in [-0.25, -0.2) is 4.39 Å². The van der Waals surface area contributed by atoms with Crippen LogP contribution in [0.25, 0.3) is 0 Å². The van der Waals surface area contributed by atoms with E-state index in [0.717, 1.165) is 5.56 Å². The first-order chi connectivity index (χ1) is 7.36. The molecule has 0 radical (unpaired) electrons. The van der Waals surface area contributed by atoms with E-state index in [0.29, 0.717) is 18.4 Å². The van der Waals surface area contributed by atoms with E-state index in [2.05, 4.69) is 0 Å². The smallest absolute Gasteiger partial charge is 0.314 e. The summed E-state index contributed by atoms with van der Waals surface area (Å²) >= 11 is 0. The first-order valence-corrected chi connectivity index (χ1v) is 5.40. The lowest BCUT2D eigenvalue weighted by molar-refractivity contribution is -0.140. The molecule has 1 aromatic rings. The zero-order chi connectivity index (χ0) is 12.0. The van der Waals surface area contributed by atoms with Crippen LogP contribution in [0.1, 0.15) is 37.8 Å². The average molecular weight is 222 g/mol. The summed E-state index contributed by atoms with van der Waals surface area (Å²) in [4.78, 5) is 11.1. The molecule has 0 spiro atoms. The number of carboxylic acids is 1. The van der Waals surface area contributed by atoms with Gasteiger partial charge in [0.15, 0.2) is 0 Å². The Labute approximate surface area is 94.1 Å². The van der Waals surface area contributed by atoms with Crippen LogP contribution in [0.5, 0.6) is 0 Å². The minimum atomic E-state index is -1.38. The second kappa shape index (κ2) is 3.30. The first kappa shape index (κ1) is 11.1. The summed E-state index contributed by atoms with van der Waals surface area (Å²) in [6.45, 7) is 2.98. The molecular formula is C13H15FO2. The quantitative estimate of drug-likeness (QED) is 0.853. The van der Waals surface area contributed by atoms with Crippen LogP contribution < -0.4 is 0 Å². The molecular weight excluding hydrogens is 207 g/mol. The Morgan fingerprint density at radius 3 is 2.12 bits per heavy atom. The summed E-state index contributed by atoms with van der Waals surface area (Å²) in [6, 6.07) is 6.83. The topological polar surface area (TPSA) is 37.3 Å². The van der Waals surface area contributed by atoms with Crippen molar-refractivity contribution in [3.05, 3.63) is 35.4 Å². The van der Waals surface area contributed by atoms with Gasteiger partial charge >= 0.3 is 5.97 Å². The van der Waals surface area contributed by atoms with Gasteiger partial charge in [-0.05, 0) is 37.8 Å². The number of hydrogen-bond acceptors (Lipinski definition) is 1. The Bertz CT molecular complexity index is 411. The van der Waals surface area contributed by atoms with Crippen LogP contribution in [0, 0.1) is 0 Å².